The molecule has 0 aliphatic rings. The van der Waals surface area contributed by atoms with Crippen LogP contribution in [0.15, 0.2) is 55.4 Å². The summed E-state index contributed by atoms with van der Waals surface area (Å²) in [6, 6.07) is 6.80. The first-order chi connectivity index (χ1) is 9.83. The fraction of sp³-hybridized carbons (Fsp3) is 0. The molecule has 0 aromatic carbocycles. The van der Waals surface area contributed by atoms with Crippen LogP contribution in [0.4, 0.5) is 5.82 Å². The van der Waals surface area contributed by atoms with E-state index in [-0.39, 0.29) is 5.91 Å². The highest BCUT2D eigenvalue weighted by atomic mass is 16.1. The number of nitrogens with zero attached hydrogens (tertiary/aromatic N) is 5. The summed E-state index contributed by atoms with van der Waals surface area (Å²) in [5.41, 5.74) is 0.465. The lowest BCUT2D eigenvalue weighted by molar-refractivity contribution is 0.102. The summed E-state index contributed by atoms with van der Waals surface area (Å²) in [5.74, 6) is 0.703. The Balaban J connectivity index is 1.82. The van der Waals surface area contributed by atoms with Gasteiger partial charge in [0.2, 0.25) is 0 Å². The average Bonchev–Trinajstić information content (AvgIpc) is 3.03. The van der Waals surface area contributed by atoms with Crippen LogP contribution in [0, 0.1) is 0 Å². The van der Waals surface area contributed by atoms with Crippen molar-refractivity contribution in [2.75, 3.05) is 5.32 Å². The van der Waals surface area contributed by atoms with Crippen molar-refractivity contribution in [2.24, 2.45) is 0 Å². The summed E-state index contributed by atoms with van der Waals surface area (Å²) < 4.78 is 1.58. The van der Waals surface area contributed by atoms with Gasteiger partial charge in [0.25, 0.3) is 5.91 Å². The van der Waals surface area contributed by atoms with Crippen LogP contribution in [0.2, 0.25) is 0 Å². The molecular weight excluding hydrogens is 256 g/mol. The van der Waals surface area contributed by atoms with Crippen molar-refractivity contribution < 1.29 is 4.79 Å². The molecule has 0 aliphatic carbocycles. The van der Waals surface area contributed by atoms with E-state index >= 15 is 0 Å². The highest BCUT2D eigenvalue weighted by Gasteiger charge is 2.08. The van der Waals surface area contributed by atoms with Crippen molar-refractivity contribution in [1.82, 2.24) is 24.7 Å². The van der Waals surface area contributed by atoms with Gasteiger partial charge in [0.05, 0.1) is 5.56 Å². The standard InChI is InChI=1S/C13H10N6O/c20-13(10-3-1-4-14-8-10)18-11-7-12(16-9-15-11)19-6-2-5-17-19/h1-9H,(H,15,16,18,20). The van der Waals surface area contributed by atoms with E-state index in [1.54, 1.807) is 47.5 Å². The Labute approximate surface area is 114 Å². The number of aromatic nitrogens is 5. The summed E-state index contributed by atoms with van der Waals surface area (Å²) in [7, 11) is 0. The third kappa shape index (κ3) is 2.51. The molecule has 3 aromatic rings. The number of carbonyl (C=O) groups is 1. The Morgan fingerprint density at radius 1 is 1.20 bits per heavy atom. The van der Waals surface area contributed by atoms with Gasteiger partial charge in [0.15, 0.2) is 5.82 Å². The molecule has 7 heteroatoms. The fourth-order valence-electron chi connectivity index (χ4n) is 1.63. The normalized spacial score (nSPS) is 10.2. The Hall–Kier alpha value is -3.09. The molecule has 20 heavy (non-hydrogen) atoms. The second-order valence-corrected chi connectivity index (χ2v) is 3.91. The zero-order valence-corrected chi connectivity index (χ0v) is 10.3. The van der Waals surface area contributed by atoms with Crippen molar-refractivity contribution in [3.8, 4) is 5.82 Å². The van der Waals surface area contributed by atoms with Crippen LogP contribution in [0.25, 0.3) is 5.82 Å². The molecule has 0 aliphatic heterocycles. The van der Waals surface area contributed by atoms with Crippen molar-refractivity contribution in [1.29, 1.82) is 0 Å². The Morgan fingerprint density at radius 2 is 2.15 bits per heavy atom. The van der Waals surface area contributed by atoms with Gasteiger partial charge >= 0.3 is 0 Å². The zero-order valence-electron chi connectivity index (χ0n) is 10.3. The number of carbonyl (C=O) groups excluding carboxylic acids is 1. The third-order valence-electron chi connectivity index (χ3n) is 2.56. The molecule has 7 nitrogen and oxygen atoms in total. The Kier molecular flexibility index (Phi) is 3.15. The lowest BCUT2D eigenvalue weighted by Crippen LogP contribution is -2.13. The highest BCUT2D eigenvalue weighted by molar-refractivity contribution is 6.03. The van der Waals surface area contributed by atoms with E-state index in [9.17, 15) is 4.79 Å². The zero-order chi connectivity index (χ0) is 13.8. The molecule has 0 spiro atoms. The predicted molar refractivity (Wildman–Crippen MR) is 71.3 cm³/mol. The molecule has 0 unspecified atom stereocenters. The first kappa shape index (κ1) is 12.0. The van der Waals surface area contributed by atoms with Crippen LogP contribution in [0.3, 0.4) is 0 Å². The van der Waals surface area contributed by atoms with Crippen molar-refractivity contribution in [3.63, 3.8) is 0 Å². The molecule has 0 saturated heterocycles. The Morgan fingerprint density at radius 3 is 2.90 bits per heavy atom. The van der Waals surface area contributed by atoms with Crippen LogP contribution in [0.1, 0.15) is 10.4 Å². The maximum atomic E-state index is 12.0. The topological polar surface area (TPSA) is 85.6 Å². The van der Waals surface area contributed by atoms with E-state index in [0.29, 0.717) is 17.2 Å². The second kappa shape index (κ2) is 5.27. The average molecular weight is 266 g/mol. The first-order valence-corrected chi connectivity index (χ1v) is 5.86. The molecule has 98 valence electrons. The molecule has 0 fully saturated rings. The van der Waals surface area contributed by atoms with Gasteiger partial charge in [-0.15, -0.1) is 0 Å². The predicted octanol–water partition coefficient (Wildman–Crippen LogP) is 1.31. The minimum atomic E-state index is -0.275. The summed E-state index contributed by atoms with van der Waals surface area (Å²) in [5, 5.41) is 6.76. The largest absolute Gasteiger partial charge is 0.306 e. The fourth-order valence-corrected chi connectivity index (χ4v) is 1.63. The molecule has 0 bridgehead atoms. The van der Waals surface area contributed by atoms with Crippen LogP contribution >= 0.6 is 0 Å². The molecule has 1 N–H and O–H groups in total. The first-order valence-electron chi connectivity index (χ1n) is 5.86. The number of hydrogen-bond acceptors (Lipinski definition) is 5. The van der Waals surface area contributed by atoms with Gasteiger partial charge in [-0.1, -0.05) is 0 Å². The van der Waals surface area contributed by atoms with Crippen LogP contribution in [-0.4, -0.2) is 30.6 Å². The van der Waals surface area contributed by atoms with Crippen molar-refractivity contribution in [3.05, 3.63) is 60.9 Å². The smallest absolute Gasteiger partial charge is 0.258 e. The van der Waals surface area contributed by atoms with Crippen LogP contribution < -0.4 is 5.32 Å². The van der Waals surface area contributed by atoms with Gasteiger partial charge in [-0.05, 0) is 18.2 Å². The third-order valence-corrected chi connectivity index (χ3v) is 2.56. The van der Waals surface area contributed by atoms with Crippen LogP contribution in [-0.2, 0) is 0 Å². The molecule has 0 saturated carbocycles. The molecule has 0 radical (unpaired) electrons. The van der Waals surface area contributed by atoms with Gasteiger partial charge in [0, 0.05) is 30.9 Å². The summed E-state index contributed by atoms with van der Waals surface area (Å²) in [6.07, 6.45) is 7.88. The van der Waals surface area contributed by atoms with E-state index in [0.717, 1.165) is 0 Å². The Bertz CT molecular complexity index is 711. The molecule has 0 atom stereocenters. The van der Waals surface area contributed by atoms with Gasteiger partial charge < -0.3 is 5.32 Å². The number of rotatable bonds is 3. The molecule has 3 heterocycles. The minimum Gasteiger partial charge on any atom is -0.306 e. The van der Waals surface area contributed by atoms with E-state index < -0.39 is 0 Å². The number of nitrogens with one attached hydrogen (secondary N) is 1. The highest BCUT2D eigenvalue weighted by Crippen LogP contribution is 2.09. The maximum absolute atomic E-state index is 12.0. The molecular formula is C13H10N6O. The SMILES string of the molecule is O=C(Nc1cc(-n2cccn2)ncn1)c1cccnc1. The monoisotopic (exact) mass is 266 g/mol. The van der Waals surface area contributed by atoms with Gasteiger partial charge in [-0.25, -0.2) is 14.6 Å². The van der Waals surface area contributed by atoms with Gasteiger partial charge in [-0.3, -0.25) is 9.78 Å². The quantitative estimate of drug-likeness (QED) is 0.772. The molecule has 1 amide bonds. The minimum absolute atomic E-state index is 0.275. The number of anilines is 1. The van der Waals surface area contributed by atoms with Crippen LogP contribution in [0.5, 0.6) is 0 Å². The summed E-state index contributed by atoms with van der Waals surface area (Å²) in [6.45, 7) is 0. The number of hydrogen-bond donors (Lipinski definition) is 1. The van der Waals surface area contributed by atoms with E-state index in [1.807, 2.05) is 0 Å². The van der Waals surface area contributed by atoms with E-state index in [2.05, 4.69) is 25.4 Å². The van der Waals surface area contributed by atoms with E-state index in [1.165, 1.54) is 12.5 Å². The van der Waals surface area contributed by atoms with Crippen molar-refractivity contribution in [2.45, 2.75) is 0 Å². The summed E-state index contributed by atoms with van der Waals surface area (Å²) >= 11 is 0. The van der Waals surface area contributed by atoms with E-state index in [4.69, 9.17) is 0 Å². The summed E-state index contributed by atoms with van der Waals surface area (Å²) in [4.78, 5) is 24.0. The molecule has 3 rings (SSSR count). The maximum Gasteiger partial charge on any atom is 0.258 e. The lowest BCUT2D eigenvalue weighted by atomic mass is 10.3. The second-order valence-electron chi connectivity index (χ2n) is 3.91. The number of pyridine rings is 1. The van der Waals surface area contributed by atoms with Gasteiger partial charge in [0.1, 0.15) is 12.1 Å². The van der Waals surface area contributed by atoms with Gasteiger partial charge in [-0.2, -0.15) is 5.10 Å². The van der Waals surface area contributed by atoms with Crippen molar-refractivity contribution >= 4 is 11.7 Å². The number of amides is 1. The molecule has 3 aromatic heterocycles. The lowest BCUT2D eigenvalue weighted by Gasteiger charge is -2.05.